The van der Waals surface area contributed by atoms with E-state index in [0.717, 1.165) is 12.1 Å². The van der Waals surface area contributed by atoms with Gasteiger partial charge in [-0.05, 0) is 12.1 Å². The van der Waals surface area contributed by atoms with E-state index in [1.165, 1.54) is 18.2 Å². The van der Waals surface area contributed by atoms with Crippen LogP contribution >= 0.6 is 0 Å². The Labute approximate surface area is 118 Å². The smallest absolute Gasteiger partial charge is 0.342 e. The first-order chi connectivity index (χ1) is 10.0. The van der Waals surface area contributed by atoms with Crippen LogP contribution in [0.25, 0.3) is 0 Å². The molecule has 21 heavy (non-hydrogen) atoms. The van der Waals surface area contributed by atoms with Gasteiger partial charge in [0.15, 0.2) is 0 Å². The molecule has 0 saturated heterocycles. The number of nitriles is 1. The molecule has 1 aromatic heterocycles. The highest BCUT2D eigenvalue weighted by molar-refractivity contribution is 5.92. The summed E-state index contributed by atoms with van der Waals surface area (Å²) >= 11 is 0. The minimum Gasteiger partial charge on any atom is -0.477 e. The fraction of sp³-hybridized carbons (Fsp3) is 0. The summed E-state index contributed by atoms with van der Waals surface area (Å²) in [6.45, 7) is 0. The number of aromatic carboxylic acids is 1. The first-order valence-electron chi connectivity index (χ1n) is 5.58. The number of ether oxygens (including phenoxy) is 1. The van der Waals surface area contributed by atoms with Crippen molar-refractivity contribution in [1.29, 1.82) is 5.26 Å². The number of nitrogens with zero attached hydrogens (tertiary/aromatic N) is 3. The second-order valence-electron chi connectivity index (χ2n) is 3.82. The fourth-order valence-electron chi connectivity index (χ4n) is 1.56. The van der Waals surface area contributed by atoms with Crippen molar-refractivity contribution in [2.45, 2.75) is 0 Å². The van der Waals surface area contributed by atoms with Crippen molar-refractivity contribution < 1.29 is 19.6 Å². The van der Waals surface area contributed by atoms with Crippen molar-refractivity contribution in [2.75, 3.05) is 0 Å². The largest absolute Gasteiger partial charge is 0.477 e. The average Bonchev–Trinajstić information content (AvgIpc) is 2.47. The number of carboxylic acid groups (broad SMARTS) is 1. The van der Waals surface area contributed by atoms with Crippen molar-refractivity contribution in [1.82, 2.24) is 4.98 Å². The minimum atomic E-state index is -1.44. The van der Waals surface area contributed by atoms with Crippen LogP contribution in [0, 0.1) is 21.4 Å². The van der Waals surface area contributed by atoms with E-state index in [4.69, 9.17) is 15.1 Å². The zero-order chi connectivity index (χ0) is 15.4. The van der Waals surface area contributed by atoms with Gasteiger partial charge in [-0.15, -0.1) is 0 Å². The van der Waals surface area contributed by atoms with Crippen LogP contribution in [0.3, 0.4) is 0 Å². The number of hydrogen-bond acceptors (Lipinski definition) is 6. The predicted octanol–water partition coefficient (Wildman–Crippen LogP) is 2.35. The quantitative estimate of drug-likeness (QED) is 0.674. The number of benzene rings is 1. The SMILES string of the molecule is N#Cc1cccc(Oc2ccc([N+](=O)[O-])c(C(=O)O)c2)n1. The molecule has 0 aliphatic heterocycles. The molecule has 104 valence electrons. The van der Waals surface area contributed by atoms with E-state index in [0.29, 0.717) is 0 Å². The molecule has 0 unspecified atom stereocenters. The molecule has 0 radical (unpaired) electrons. The third-order valence-corrected chi connectivity index (χ3v) is 2.46. The molecular formula is C13H7N3O5. The summed E-state index contributed by atoms with van der Waals surface area (Å²) in [5.41, 5.74) is -0.893. The third-order valence-electron chi connectivity index (χ3n) is 2.46. The summed E-state index contributed by atoms with van der Waals surface area (Å²) in [6.07, 6.45) is 0. The number of aromatic nitrogens is 1. The van der Waals surface area contributed by atoms with Crippen LogP contribution in [0.1, 0.15) is 16.1 Å². The molecule has 2 aromatic rings. The van der Waals surface area contributed by atoms with Gasteiger partial charge in [0, 0.05) is 18.2 Å². The Hall–Kier alpha value is -3.47. The number of nitro groups is 1. The van der Waals surface area contributed by atoms with Gasteiger partial charge < -0.3 is 9.84 Å². The first-order valence-corrected chi connectivity index (χ1v) is 5.58. The van der Waals surface area contributed by atoms with Gasteiger partial charge in [-0.25, -0.2) is 9.78 Å². The Kier molecular flexibility index (Phi) is 3.76. The predicted molar refractivity (Wildman–Crippen MR) is 69.1 cm³/mol. The Morgan fingerprint density at radius 1 is 1.38 bits per heavy atom. The van der Waals surface area contributed by atoms with Gasteiger partial charge in [0.2, 0.25) is 5.88 Å². The molecule has 0 fully saturated rings. The molecule has 1 N–H and O–H groups in total. The van der Waals surface area contributed by atoms with E-state index in [1.807, 2.05) is 6.07 Å². The number of carboxylic acids is 1. The maximum absolute atomic E-state index is 11.0. The van der Waals surface area contributed by atoms with E-state index >= 15 is 0 Å². The van der Waals surface area contributed by atoms with E-state index < -0.39 is 22.1 Å². The molecule has 0 atom stereocenters. The number of nitro benzene ring substituents is 1. The highest BCUT2D eigenvalue weighted by Gasteiger charge is 2.20. The van der Waals surface area contributed by atoms with Gasteiger partial charge >= 0.3 is 5.97 Å². The molecular weight excluding hydrogens is 278 g/mol. The summed E-state index contributed by atoms with van der Waals surface area (Å²) < 4.78 is 5.30. The third kappa shape index (κ3) is 3.10. The van der Waals surface area contributed by atoms with Gasteiger partial charge in [-0.2, -0.15) is 5.26 Å². The monoisotopic (exact) mass is 285 g/mol. The van der Waals surface area contributed by atoms with Crippen molar-refractivity contribution in [2.24, 2.45) is 0 Å². The van der Waals surface area contributed by atoms with Crippen molar-refractivity contribution in [3.8, 4) is 17.7 Å². The van der Waals surface area contributed by atoms with E-state index in [-0.39, 0.29) is 17.3 Å². The number of rotatable bonds is 4. The van der Waals surface area contributed by atoms with Crippen LogP contribution in [0.2, 0.25) is 0 Å². The van der Waals surface area contributed by atoms with Crippen LogP contribution in [0.5, 0.6) is 11.6 Å². The van der Waals surface area contributed by atoms with Crippen molar-refractivity contribution >= 4 is 11.7 Å². The Balaban J connectivity index is 2.37. The molecule has 2 rings (SSSR count). The minimum absolute atomic E-state index is 0.0700. The molecule has 0 spiro atoms. The van der Waals surface area contributed by atoms with Gasteiger partial charge in [0.25, 0.3) is 5.69 Å². The lowest BCUT2D eigenvalue weighted by Crippen LogP contribution is -2.03. The Morgan fingerprint density at radius 2 is 2.14 bits per heavy atom. The van der Waals surface area contributed by atoms with Crippen LogP contribution in [-0.2, 0) is 0 Å². The number of pyridine rings is 1. The maximum Gasteiger partial charge on any atom is 0.342 e. The summed E-state index contributed by atoms with van der Waals surface area (Å²) in [6, 6.07) is 9.65. The molecule has 0 bridgehead atoms. The van der Waals surface area contributed by atoms with Crippen molar-refractivity contribution in [3.05, 3.63) is 57.8 Å². The van der Waals surface area contributed by atoms with Gasteiger partial charge in [-0.1, -0.05) is 6.07 Å². The van der Waals surface area contributed by atoms with Crippen LogP contribution in [0.4, 0.5) is 5.69 Å². The molecule has 1 heterocycles. The van der Waals surface area contributed by atoms with E-state index in [9.17, 15) is 14.9 Å². The number of carbonyl (C=O) groups is 1. The molecule has 0 amide bonds. The highest BCUT2D eigenvalue weighted by atomic mass is 16.6. The van der Waals surface area contributed by atoms with E-state index in [1.54, 1.807) is 6.07 Å². The lowest BCUT2D eigenvalue weighted by molar-refractivity contribution is -0.385. The molecule has 8 heteroatoms. The molecule has 0 saturated carbocycles. The fourth-order valence-corrected chi connectivity index (χ4v) is 1.56. The van der Waals surface area contributed by atoms with Gasteiger partial charge in [0.05, 0.1) is 4.92 Å². The van der Waals surface area contributed by atoms with Crippen LogP contribution in [0.15, 0.2) is 36.4 Å². The zero-order valence-electron chi connectivity index (χ0n) is 10.4. The first kappa shape index (κ1) is 14.0. The Bertz CT molecular complexity index is 767. The van der Waals surface area contributed by atoms with Gasteiger partial charge in [-0.3, -0.25) is 10.1 Å². The normalized spacial score (nSPS) is 9.67. The standard InChI is InChI=1S/C13H7N3O5/c14-7-8-2-1-3-12(15-8)21-9-4-5-11(16(19)20)10(6-9)13(17)18/h1-6H,(H,17,18). The maximum atomic E-state index is 11.0. The second kappa shape index (κ2) is 5.66. The Morgan fingerprint density at radius 3 is 2.76 bits per heavy atom. The summed E-state index contributed by atoms with van der Waals surface area (Å²) in [5, 5.41) is 28.4. The average molecular weight is 285 g/mol. The molecule has 0 aliphatic rings. The van der Waals surface area contributed by atoms with Crippen molar-refractivity contribution in [3.63, 3.8) is 0 Å². The zero-order valence-corrected chi connectivity index (χ0v) is 10.4. The topological polar surface area (TPSA) is 126 Å². The number of hydrogen-bond donors (Lipinski definition) is 1. The molecule has 8 nitrogen and oxygen atoms in total. The lowest BCUT2D eigenvalue weighted by Gasteiger charge is -2.06. The highest BCUT2D eigenvalue weighted by Crippen LogP contribution is 2.27. The lowest BCUT2D eigenvalue weighted by atomic mass is 10.1. The van der Waals surface area contributed by atoms with E-state index in [2.05, 4.69) is 4.98 Å². The van der Waals surface area contributed by atoms with Gasteiger partial charge in [0.1, 0.15) is 23.1 Å². The second-order valence-corrected chi connectivity index (χ2v) is 3.82. The molecule has 0 aliphatic carbocycles. The summed E-state index contributed by atoms with van der Waals surface area (Å²) in [7, 11) is 0. The van der Waals surface area contributed by atoms with Crippen LogP contribution < -0.4 is 4.74 Å². The molecule has 1 aromatic carbocycles. The van der Waals surface area contributed by atoms with Crippen LogP contribution in [-0.4, -0.2) is 21.0 Å². The summed E-state index contributed by atoms with van der Waals surface area (Å²) in [5.74, 6) is -1.29. The summed E-state index contributed by atoms with van der Waals surface area (Å²) in [4.78, 5) is 24.8.